The number of amides is 1. The third-order valence-electron chi connectivity index (χ3n) is 5.40. The van der Waals surface area contributed by atoms with E-state index in [2.05, 4.69) is 10.0 Å². The number of sulfonamides is 1. The molecule has 0 bridgehead atoms. The Kier molecular flexibility index (Phi) is 7.09. The van der Waals surface area contributed by atoms with Crippen LogP contribution in [0.3, 0.4) is 0 Å². The molecule has 1 saturated carbocycles. The highest BCUT2D eigenvalue weighted by Gasteiger charge is 2.33. The first-order chi connectivity index (χ1) is 13.4. The molecule has 3 rings (SSSR count). The summed E-state index contributed by atoms with van der Waals surface area (Å²) in [5.74, 6) is 0.547. The molecule has 1 aliphatic heterocycles. The van der Waals surface area contributed by atoms with Crippen LogP contribution in [0.5, 0.6) is 0 Å². The molecule has 8 heteroatoms. The van der Waals surface area contributed by atoms with E-state index in [9.17, 15) is 18.3 Å². The Morgan fingerprint density at radius 3 is 2.54 bits per heavy atom. The molecule has 1 heterocycles. The maximum atomic E-state index is 12.3. The standard InChI is InChI=1S/C20H30N2O5S/c1-14-2-7-17(8-3-14)28(25,26)21-11-10-16-6-9-18(19(13-23)27-16)22-20(24)12-15-4-5-15/h2-3,7-8,15-16,18-19,21,23H,4-6,9-13H2,1H3,(H,22,24)/t16-,18-,19+/m0/s1. The van der Waals surface area contributed by atoms with E-state index in [-0.39, 0.29) is 36.1 Å². The van der Waals surface area contributed by atoms with Gasteiger partial charge in [-0.15, -0.1) is 0 Å². The molecule has 1 aliphatic carbocycles. The molecule has 0 unspecified atom stereocenters. The van der Waals surface area contributed by atoms with Crippen LogP contribution in [0.15, 0.2) is 29.2 Å². The monoisotopic (exact) mass is 410 g/mol. The van der Waals surface area contributed by atoms with Crippen LogP contribution in [0.2, 0.25) is 0 Å². The molecule has 7 nitrogen and oxygen atoms in total. The van der Waals surface area contributed by atoms with Crippen molar-refractivity contribution in [3.8, 4) is 0 Å². The molecule has 1 aromatic rings. The SMILES string of the molecule is Cc1ccc(S(=O)(=O)NCC[C@@H]2CC[C@H](NC(=O)CC3CC3)[C@@H](CO)O2)cc1. The van der Waals surface area contributed by atoms with E-state index in [0.29, 0.717) is 18.8 Å². The summed E-state index contributed by atoms with van der Waals surface area (Å²) in [6.07, 6.45) is 4.17. The van der Waals surface area contributed by atoms with Crippen molar-refractivity contribution >= 4 is 15.9 Å². The van der Waals surface area contributed by atoms with Crippen LogP contribution < -0.4 is 10.0 Å². The molecule has 28 heavy (non-hydrogen) atoms. The summed E-state index contributed by atoms with van der Waals surface area (Å²) in [7, 11) is -3.54. The van der Waals surface area contributed by atoms with E-state index in [1.54, 1.807) is 24.3 Å². The fourth-order valence-electron chi connectivity index (χ4n) is 3.51. The predicted molar refractivity (Wildman–Crippen MR) is 105 cm³/mol. The number of nitrogens with one attached hydrogen (secondary N) is 2. The van der Waals surface area contributed by atoms with Gasteiger partial charge in [-0.2, -0.15) is 0 Å². The summed E-state index contributed by atoms with van der Waals surface area (Å²) in [5, 5.41) is 12.6. The summed E-state index contributed by atoms with van der Waals surface area (Å²) in [5.41, 5.74) is 1.00. The van der Waals surface area contributed by atoms with Gasteiger partial charge in [0.05, 0.1) is 23.6 Å². The molecular formula is C20H30N2O5S. The van der Waals surface area contributed by atoms with Gasteiger partial charge in [-0.05, 0) is 57.1 Å². The molecule has 1 amide bonds. The van der Waals surface area contributed by atoms with Gasteiger partial charge < -0.3 is 15.2 Å². The molecule has 0 aromatic heterocycles. The lowest BCUT2D eigenvalue weighted by atomic mass is 9.97. The van der Waals surface area contributed by atoms with E-state index in [1.165, 1.54) is 0 Å². The van der Waals surface area contributed by atoms with Crippen molar-refractivity contribution in [3.63, 3.8) is 0 Å². The van der Waals surface area contributed by atoms with Gasteiger partial charge in [0.25, 0.3) is 0 Å². The van der Waals surface area contributed by atoms with Gasteiger partial charge in [0.1, 0.15) is 6.10 Å². The van der Waals surface area contributed by atoms with Gasteiger partial charge in [-0.25, -0.2) is 13.1 Å². The first kappa shape index (κ1) is 21.2. The Morgan fingerprint density at radius 2 is 1.89 bits per heavy atom. The van der Waals surface area contributed by atoms with Gasteiger partial charge in [0, 0.05) is 13.0 Å². The van der Waals surface area contributed by atoms with Crippen LogP contribution >= 0.6 is 0 Å². The van der Waals surface area contributed by atoms with Crippen molar-refractivity contribution in [1.82, 2.24) is 10.0 Å². The summed E-state index contributed by atoms with van der Waals surface area (Å²) < 4.78 is 33.2. The average Bonchev–Trinajstić information content (AvgIpc) is 3.47. The second-order valence-corrected chi connectivity index (χ2v) is 9.64. The maximum absolute atomic E-state index is 12.3. The zero-order valence-corrected chi connectivity index (χ0v) is 17.1. The molecule has 2 aliphatic rings. The highest BCUT2D eigenvalue weighted by Crippen LogP contribution is 2.32. The topological polar surface area (TPSA) is 105 Å². The van der Waals surface area contributed by atoms with Crippen molar-refractivity contribution in [2.45, 2.75) is 68.6 Å². The average molecular weight is 411 g/mol. The van der Waals surface area contributed by atoms with Crippen LogP contribution in [0.25, 0.3) is 0 Å². The zero-order chi connectivity index (χ0) is 20.1. The van der Waals surface area contributed by atoms with E-state index < -0.39 is 16.1 Å². The molecule has 1 saturated heterocycles. The number of carbonyl (C=O) groups is 1. The number of aryl methyl sites for hydroxylation is 1. The van der Waals surface area contributed by atoms with Gasteiger partial charge >= 0.3 is 0 Å². The zero-order valence-electron chi connectivity index (χ0n) is 16.3. The molecule has 3 N–H and O–H groups in total. The van der Waals surface area contributed by atoms with Crippen molar-refractivity contribution in [2.24, 2.45) is 5.92 Å². The fourth-order valence-corrected chi connectivity index (χ4v) is 4.56. The first-order valence-electron chi connectivity index (χ1n) is 9.99. The third kappa shape index (κ3) is 6.01. The number of carbonyl (C=O) groups excluding carboxylic acids is 1. The minimum absolute atomic E-state index is 0.0267. The van der Waals surface area contributed by atoms with Gasteiger partial charge in [-0.1, -0.05) is 17.7 Å². The van der Waals surface area contributed by atoms with Crippen LogP contribution in [0.4, 0.5) is 0 Å². The number of rotatable bonds is 9. The molecule has 1 aromatic carbocycles. The Balaban J connectivity index is 1.44. The predicted octanol–water partition coefficient (Wildman–Crippen LogP) is 1.49. The van der Waals surface area contributed by atoms with Gasteiger partial charge in [0.2, 0.25) is 15.9 Å². The summed E-state index contributed by atoms with van der Waals surface area (Å²) in [6, 6.07) is 6.53. The van der Waals surface area contributed by atoms with Crippen LogP contribution in [0, 0.1) is 12.8 Å². The third-order valence-corrected chi connectivity index (χ3v) is 6.88. The summed E-state index contributed by atoms with van der Waals surface area (Å²) in [6.45, 7) is 2.00. The Labute approximate surface area is 166 Å². The second kappa shape index (κ2) is 9.35. The summed E-state index contributed by atoms with van der Waals surface area (Å²) >= 11 is 0. The lowest BCUT2D eigenvalue weighted by Gasteiger charge is -2.36. The number of benzene rings is 1. The molecule has 2 fully saturated rings. The normalized spacial score (nSPS) is 25.4. The van der Waals surface area contributed by atoms with E-state index in [1.807, 2.05) is 6.92 Å². The highest BCUT2D eigenvalue weighted by molar-refractivity contribution is 7.89. The van der Waals surface area contributed by atoms with Crippen LogP contribution in [-0.2, 0) is 19.6 Å². The molecule has 3 atom stereocenters. The Morgan fingerprint density at radius 1 is 1.18 bits per heavy atom. The first-order valence-corrected chi connectivity index (χ1v) is 11.5. The Hall–Kier alpha value is -1.48. The Bertz CT molecular complexity index is 761. The van der Waals surface area contributed by atoms with Crippen molar-refractivity contribution in [2.75, 3.05) is 13.2 Å². The van der Waals surface area contributed by atoms with E-state index in [4.69, 9.17) is 4.74 Å². The minimum atomic E-state index is -3.54. The van der Waals surface area contributed by atoms with Crippen molar-refractivity contribution in [3.05, 3.63) is 29.8 Å². The number of aliphatic hydroxyl groups excluding tert-OH is 1. The van der Waals surface area contributed by atoms with Crippen molar-refractivity contribution in [1.29, 1.82) is 0 Å². The quantitative estimate of drug-likeness (QED) is 0.572. The van der Waals surface area contributed by atoms with Crippen LogP contribution in [-0.4, -0.2) is 50.8 Å². The fraction of sp³-hybridized carbons (Fsp3) is 0.650. The van der Waals surface area contributed by atoms with Crippen molar-refractivity contribution < 1.29 is 23.1 Å². The van der Waals surface area contributed by atoms with E-state index >= 15 is 0 Å². The van der Waals surface area contributed by atoms with Gasteiger partial charge in [0.15, 0.2) is 0 Å². The van der Waals surface area contributed by atoms with Crippen LogP contribution in [0.1, 0.15) is 44.1 Å². The molecule has 156 valence electrons. The lowest BCUT2D eigenvalue weighted by molar-refractivity contribution is -0.128. The molecular weight excluding hydrogens is 380 g/mol. The highest BCUT2D eigenvalue weighted by atomic mass is 32.2. The minimum Gasteiger partial charge on any atom is -0.394 e. The number of aliphatic hydroxyl groups is 1. The lowest BCUT2D eigenvalue weighted by Crippen LogP contribution is -2.51. The number of hydrogen-bond acceptors (Lipinski definition) is 5. The second-order valence-electron chi connectivity index (χ2n) is 7.88. The smallest absolute Gasteiger partial charge is 0.240 e. The number of hydrogen-bond donors (Lipinski definition) is 3. The van der Waals surface area contributed by atoms with E-state index in [0.717, 1.165) is 31.2 Å². The maximum Gasteiger partial charge on any atom is 0.240 e. The van der Waals surface area contributed by atoms with Gasteiger partial charge in [-0.3, -0.25) is 4.79 Å². The number of ether oxygens (including phenoxy) is 1. The summed E-state index contributed by atoms with van der Waals surface area (Å²) in [4.78, 5) is 12.3. The molecule has 0 radical (unpaired) electrons. The molecule has 0 spiro atoms. The largest absolute Gasteiger partial charge is 0.394 e.